The molecule has 1 aromatic heterocycles. The average Bonchev–Trinajstić information content (AvgIpc) is 3.03. The highest BCUT2D eigenvalue weighted by molar-refractivity contribution is 7.99. The predicted molar refractivity (Wildman–Crippen MR) is 99.0 cm³/mol. The van der Waals surface area contributed by atoms with E-state index in [2.05, 4.69) is 47.6 Å². The average molecular weight is 359 g/mol. The normalized spacial score (nSPS) is 20.7. The molecule has 0 saturated carbocycles. The largest absolute Gasteiger partial charge is 0.337 e. The molecule has 6 nitrogen and oxygen atoms in total. The first-order valence-corrected chi connectivity index (χ1v) is 9.76. The maximum Gasteiger partial charge on any atom is 0.233 e. The lowest BCUT2D eigenvalue weighted by molar-refractivity contribution is -0.134. The highest BCUT2D eigenvalue weighted by Crippen LogP contribution is 2.26. The van der Waals surface area contributed by atoms with Crippen molar-refractivity contribution < 1.29 is 4.79 Å². The van der Waals surface area contributed by atoms with Crippen molar-refractivity contribution in [1.82, 2.24) is 25.1 Å². The lowest BCUT2D eigenvalue weighted by Crippen LogP contribution is -2.48. The molecule has 0 aliphatic carbocycles. The number of aryl methyl sites for hydroxylation is 2. The van der Waals surface area contributed by atoms with Crippen LogP contribution in [0.4, 0.5) is 0 Å². The molecule has 3 rings (SSSR count). The Labute approximate surface area is 153 Å². The summed E-state index contributed by atoms with van der Waals surface area (Å²) in [6.07, 6.45) is 3.37. The summed E-state index contributed by atoms with van der Waals surface area (Å²) in [5, 5.41) is 12.7. The lowest BCUT2D eigenvalue weighted by Gasteiger charge is -2.39. The van der Waals surface area contributed by atoms with Crippen molar-refractivity contribution in [2.45, 2.75) is 64.2 Å². The van der Waals surface area contributed by atoms with Gasteiger partial charge in [-0.3, -0.25) is 4.79 Å². The Morgan fingerprint density at radius 3 is 2.68 bits per heavy atom. The monoisotopic (exact) mass is 359 g/mol. The Hall–Kier alpha value is -1.89. The third-order valence-corrected chi connectivity index (χ3v) is 5.74. The number of likely N-dealkylation sites (tertiary alicyclic amines) is 1. The van der Waals surface area contributed by atoms with Gasteiger partial charge in [0.25, 0.3) is 0 Å². The number of nitrogens with zero attached hydrogens (tertiary/aromatic N) is 5. The zero-order chi connectivity index (χ0) is 18.0. The first-order valence-electron chi connectivity index (χ1n) is 8.77. The fourth-order valence-electron chi connectivity index (χ4n) is 3.48. The molecular weight excluding hydrogens is 334 g/mol. The van der Waals surface area contributed by atoms with E-state index in [0.717, 1.165) is 29.7 Å². The summed E-state index contributed by atoms with van der Waals surface area (Å²) < 4.78 is 1.73. The number of rotatable bonds is 4. The summed E-state index contributed by atoms with van der Waals surface area (Å²) in [6, 6.07) is 6.81. The molecule has 1 fully saturated rings. The molecule has 2 heterocycles. The summed E-state index contributed by atoms with van der Waals surface area (Å²) in [6.45, 7) is 8.35. The molecule has 0 bridgehead atoms. The van der Waals surface area contributed by atoms with Gasteiger partial charge < -0.3 is 4.90 Å². The Morgan fingerprint density at radius 2 is 1.96 bits per heavy atom. The number of hydrogen-bond acceptors (Lipinski definition) is 5. The number of benzene rings is 1. The van der Waals surface area contributed by atoms with Crippen LogP contribution >= 0.6 is 11.8 Å². The molecule has 0 unspecified atom stereocenters. The van der Waals surface area contributed by atoms with Crippen LogP contribution in [-0.2, 0) is 4.79 Å². The molecule has 1 aliphatic heterocycles. The predicted octanol–water partition coefficient (Wildman–Crippen LogP) is 3.16. The van der Waals surface area contributed by atoms with Crippen LogP contribution in [0, 0.1) is 13.8 Å². The number of aromatic nitrogens is 4. The summed E-state index contributed by atoms with van der Waals surface area (Å²) >= 11 is 1.40. The van der Waals surface area contributed by atoms with Gasteiger partial charge in [-0.15, -0.1) is 5.10 Å². The molecular formula is C18H25N5OS. The maximum atomic E-state index is 12.7. The zero-order valence-corrected chi connectivity index (χ0v) is 16.1. The van der Waals surface area contributed by atoms with E-state index in [9.17, 15) is 4.79 Å². The first-order chi connectivity index (χ1) is 12.0. The van der Waals surface area contributed by atoms with Crippen molar-refractivity contribution in [2.75, 3.05) is 5.75 Å². The number of amides is 1. The summed E-state index contributed by atoms with van der Waals surface area (Å²) in [5.41, 5.74) is 3.21. The van der Waals surface area contributed by atoms with E-state index in [1.54, 1.807) is 4.68 Å². The summed E-state index contributed by atoms with van der Waals surface area (Å²) in [5.74, 6) is 0.528. The quantitative estimate of drug-likeness (QED) is 0.785. The molecule has 1 aromatic carbocycles. The molecule has 0 radical (unpaired) electrons. The summed E-state index contributed by atoms with van der Waals surface area (Å²) in [4.78, 5) is 14.7. The van der Waals surface area contributed by atoms with Crippen molar-refractivity contribution in [2.24, 2.45) is 0 Å². The smallest absolute Gasteiger partial charge is 0.233 e. The molecule has 7 heteroatoms. The van der Waals surface area contributed by atoms with Crippen LogP contribution in [0.5, 0.6) is 0 Å². The van der Waals surface area contributed by atoms with Gasteiger partial charge in [-0.25, -0.2) is 0 Å². The van der Waals surface area contributed by atoms with Gasteiger partial charge in [0.05, 0.1) is 11.4 Å². The molecule has 1 aliphatic rings. The molecule has 0 spiro atoms. The molecule has 25 heavy (non-hydrogen) atoms. The van der Waals surface area contributed by atoms with Gasteiger partial charge >= 0.3 is 0 Å². The van der Waals surface area contributed by atoms with Crippen LogP contribution in [0.1, 0.15) is 44.2 Å². The van der Waals surface area contributed by atoms with Gasteiger partial charge in [-0.1, -0.05) is 23.9 Å². The molecule has 2 atom stereocenters. The van der Waals surface area contributed by atoms with Crippen molar-refractivity contribution in [3.63, 3.8) is 0 Å². The van der Waals surface area contributed by atoms with Crippen molar-refractivity contribution in [3.05, 3.63) is 29.3 Å². The Bertz CT molecular complexity index is 750. The van der Waals surface area contributed by atoms with E-state index in [1.165, 1.54) is 18.2 Å². The second kappa shape index (κ2) is 7.56. The van der Waals surface area contributed by atoms with Crippen LogP contribution in [-0.4, -0.2) is 48.9 Å². The van der Waals surface area contributed by atoms with Gasteiger partial charge in [-0.05, 0) is 74.6 Å². The second-order valence-corrected chi connectivity index (χ2v) is 7.82. The van der Waals surface area contributed by atoms with Gasteiger partial charge in [0.15, 0.2) is 0 Å². The standard InChI is InChI=1S/C18H25N5OS/c1-12-8-9-13(2)16(10-12)23-18(19-20-21-23)25-11-17(24)22-14(3)6-5-7-15(22)4/h8-10,14-15H,5-7,11H2,1-4H3/t14-,15-/m1/s1. The van der Waals surface area contributed by atoms with Crippen LogP contribution in [0.2, 0.25) is 0 Å². The zero-order valence-electron chi connectivity index (χ0n) is 15.3. The van der Waals surface area contributed by atoms with Crippen LogP contribution < -0.4 is 0 Å². The highest BCUT2D eigenvalue weighted by Gasteiger charge is 2.29. The SMILES string of the molecule is Cc1ccc(C)c(-n2nnnc2SCC(=O)N2[C@H](C)CCC[C@H]2C)c1. The topological polar surface area (TPSA) is 63.9 Å². The minimum absolute atomic E-state index is 0.167. The third kappa shape index (κ3) is 3.86. The Balaban J connectivity index is 1.74. The van der Waals surface area contributed by atoms with E-state index in [-0.39, 0.29) is 5.91 Å². The second-order valence-electron chi connectivity index (χ2n) is 6.88. The molecule has 1 saturated heterocycles. The van der Waals surface area contributed by atoms with Crippen LogP contribution in [0.3, 0.4) is 0 Å². The lowest BCUT2D eigenvalue weighted by atomic mass is 9.98. The van der Waals surface area contributed by atoms with Crippen molar-refractivity contribution >= 4 is 17.7 Å². The molecule has 2 aromatic rings. The third-order valence-electron chi connectivity index (χ3n) is 4.84. The van der Waals surface area contributed by atoms with E-state index >= 15 is 0 Å². The van der Waals surface area contributed by atoms with Crippen LogP contribution in [0.15, 0.2) is 23.4 Å². The minimum Gasteiger partial charge on any atom is -0.337 e. The van der Waals surface area contributed by atoms with Gasteiger partial charge in [0.1, 0.15) is 0 Å². The van der Waals surface area contributed by atoms with Gasteiger partial charge in [-0.2, -0.15) is 4.68 Å². The van der Waals surface area contributed by atoms with Crippen LogP contribution in [0.25, 0.3) is 5.69 Å². The summed E-state index contributed by atoms with van der Waals surface area (Å²) in [7, 11) is 0. The molecule has 134 valence electrons. The van der Waals surface area contributed by atoms with E-state index in [1.807, 2.05) is 18.7 Å². The fourth-order valence-corrected chi connectivity index (χ4v) is 4.23. The van der Waals surface area contributed by atoms with E-state index < -0.39 is 0 Å². The van der Waals surface area contributed by atoms with Crippen molar-refractivity contribution in [3.8, 4) is 5.69 Å². The highest BCUT2D eigenvalue weighted by atomic mass is 32.2. The number of thioether (sulfide) groups is 1. The first kappa shape index (κ1) is 17.9. The van der Waals surface area contributed by atoms with E-state index in [4.69, 9.17) is 0 Å². The maximum absolute atomic E-state index is 12.7. The number of tetrazole rings is 1. The number of hydrogen-bond donors (Lipinski definition) is 0. The number of carbonyl (C=O) groups is 1. The van der Waals surface area contributed by atoms with Crippen molar-refractivity contribution in [1.29, 1.82) is 0 Å². The Morgan fingerprint density at radius 1 is 1.24 bits per heavy atom. The molecule has 0 N–H and O–H groups in total. The van der Waals surface area contributed by atoms with E-state index in [0.29, 0.717) is 23.0 Å². The Kier molecular flexibility index (Phi) is 5.42. The van der Waals surface area contributed by atoms with Gasteiger partial charge in [0, 0.05) is 12.1 Å². The number of carbonyl (C=O) groups excluding carboxylic acids is 1. The van der Waals surface area contributed by atoms with Gasteiger partial charge in [0.2, 0.25) is 11.1 Å². The number of piperidine rings is 1. The fraction of sp³-hybridized carbons (Fsp3) is 0.556. The molecule has 1 amide bonds. The minimum atomic E-state index is 0.167.